The lowest BCUT2D eigenvalue weighted by Gasteiger charge is -2.10. The second-order valence-corrected chi connectivity index (χ2v) is 4.05. The number of nitrogens with one attached hydrogen (secondary N) is 1. The summed E-state index contributed by atoms with van der Waals surface area (Å²) in [6, 6.07) is 3.60. The van der Waals surface area contributed by atoms with E-state index in [9.17, 15) is 4.79 Å². The highest BCUT2D eigenvalue weighted by Crippen LogP contribution is 2.21. The van der Waals surface area contributed by atoms with E-state index in [1.807, 2.05) is 19.9 Å². The molecule has 2 aromatic heterocycles. The van der Waals surface area contributed by atoms with E-state index in [1.165, 1.54) is 6.20 Å². The summed E-state index contributed by atoms with van der Waals surface area (Å²) in [5.41, 5.74) is 3.17. The number of pyridine rings is 2. The summed E-state index contributed by atoms with van der Waals surface area (Å²) in [6.07, 6.45) is 4.73. The standard InChI is InChI=1S/C13H13N3O2/c1-8-3-10(6-14-5-8)16-12-4-9(2)15-7-11(12)13(17)18/h3-7H,1-2H3,(H,15,16)(H,17,18). The van der Waals surface area contributed by atoms with Gasteiger partial charge in [0.25, 0.3) is 0 Å². The van der Waals surface area contributed by atoms with Crippen molar-refractivity contribution < 1.29 is 9.90 Å². The van der Waals surface area contributed by atoms with Crippen molar-refractivity contribution in [3.63, 3.8) is 0 Å². The van der Waals surface area contributed by atoms with Crippen LogP contribution >= 0.6 is 0 Å². The number of hydrogen-bond donors (Lipinski definition) is 2. The fourth-order valence-corrected chi connectivity index (χ4v) is 1.61. The number of aromatic nitrogens is 2. The third kappa shape index (κ3) is 2.63. The summed E-state index contributed by atoms with van der Waals surface area (Å²) in [5, 5.41) is 12.1. The highest BCUT2D eigenvalue weighted by molar-refractivity contribution is 5.94. The normalized spacial score (nSPS) is 10.1. The van der Waals surface area contributed by atoms with Crippen molar-refractivity contribution in [2.24, 2.45) is 0 Å². The van der Waals surface area contributed by atoms with Crippen LogP contribution in [0.1, 0.15) is 21.6 Å². The molecule has 0 spiro atoms. The average molecular weight is 243 g/mol. The van der Waals surface area contributed by atoms with Crippen molar-refractivity contribution in [3.05, 3.63) is 47.5 Å². The van der Waals surface area contributed by atoms with E-state index in [-0.39, 0.29) is 5.56 Å². The molecule has 0 aliphatic carbocycles. The number of rotatable bonds is 3. The number of nitrogens with zero attached hydrogens (tertiary/aromatic N) is 2. The van der Waals surface area contributed by atoms with Gasteiger partial charge in [0.05, 0.1) is 17.6 Å². The highest BCUT2D eigenvalue weighted by Gasteiger charge is 2.11. The minimum atomic E-state index is -1.01. The van der Waals surface area contributed by atoms with Gasteiger partial charge < -0.3 is 10.4 Å². The molecule has 2 heterocycles. The number of carboxylic acids is 1. The van der Waals surface area contributed by atoms with Crippen molar-refractivity contribution in [1.82, 2.24) is 9.97 Å². The van der Waals surface area contributed by atoms with Gasteiger partial charge in [-0.25, -0.2) is 4.79 Å². The van der Waals surface area contributed by atoms with Gasteiger partial charge in [-0.1, -0.05) is 0 Å². The molecular formula is C13H13N3O2. The molecule has 0 saturated heterocycles. The minimum Gasteiger partial charge on any atom is -0.478 e. The first-order chi connectivity index (χ1) is 8.56. The maximum absolute atomic E-state index is 11.1. The molecule has 0 radical (unpaired) electrons. The van der Waals surface area contributed by atoms with Crippen molar-refractivity contribution in [3.8, 4) is 0 Å². The van der Waals surface area contributed by atoms with Gasteiger partial charge >= 0.3 is 5.97 Å². The van der Waals surface area contributed by atoms with Crippen LogP contribution < -0.4 is 5.32 Å². The first-order valence-electron chi connectivity index (χ1n) is 5.45. The lowest BCUT2D eigenvalue weighted by atomic mass is 10.2. The van der Waals surface area contributed by atoms with E-state index >= 15 is 0 Å². The number of hydrogen-bond acceptors (Lipinski definition) is 4. The molecule has 2 rings (SSSR count). The Bertz CT molecular complexity index is 597. The molecule has 92 valence electrons. The van der Waals surface area contributed by atoms with Crippen LogP contribution in [0.4, 0.5) is 11.4 Å². The topological polar surface area (TPSA) is 75.1 Å². The van der Waals surface area contributed by atoms with Crippen LogP contribution in [0.3, 0.4) is 0 Å². The number of carboxylic acid groups (broad SMARTS) is 1. The molecule has 0 atom stereocenters. The molecule has 0 bridgehead atoms. The molecule has 18 heavy (non-hydrogen) atoms. The number of aryl methyl sites for hydroxylation is 2. The zero-order valence-electron chi connectivity index (χ0n) is 10.1. The van der Waals surface area contributed by atoms with Crippen LogP contribution in [0.2, 0.25) is 0 Å². The molecule has 0 fully saturated rings. The number of aromatic carboxylic acids is 1. The van der Waals surface area contributed by atoms with Crippen LogP contribution in [0.5, 0.6) is 0 Å². The van der Waals surface area contributed by atoms with Crippen LogP contribution in [-0.4, -0.2) is 21.0 Å². The van der Waals surface area contributed by atoms with Crippen LogP contribution in [0.15, 0.2) is 30.7 Å². The van der Waals surface area contributed by atoms with Crippen molar-refractivity contribution in [2.75, 3.05) is 5.32 Å². The molecule has 0 aliphatic rings. The quantitative estimate of drug-likeness (QED) is 0.866. The van der Waals surface area contributed by atoms with Gasteiger partial charge in [0.2, 0.25) is 0 Å². The van der Waals surface area contributed by atoms with Crippen molar-refractivity contribution in [2.45, 2.75) is 13.8 Å². The predicted octanol–water partition coefficient (Wildman–Crippen LogP) is 2.54. The van der Waals surface area contributed by atoms with E-state index < -0.39 is 5.97 Å². The average Bonchev–Trinajstić information content (AvgIpc) is 2.28. The zero-order valence-corrected chi connectivity index (χ0v) is 10.1. The number of carbonyl (C=O) groups is 1. The van der Waals surface area contributed by atoms with E-state index in [0.29, 0.717) is 5.69 Å². The molecule has 0 amide bonds. The van der Waals surface area contributed by atoms with Gasteiger partial charge in [-0.15, -0.1) is 0 Å². The molecule has 2 N–H and O–H groups in total. The minimum absolute atomic E-state index is 0.141. The highest BCUT2D eigenvalue weighted by atomic mass is 16.4. The summed E-state index contributed by atoms with van der Waals surface area (Å²) in [4.78, 5) is 19.1. The molecule has 0 unspecified atom stereocenters. The van der Waals surface area contributed by atoms with Crippen molar-refractivity contribution >= 4 is 17.3 Å². The smallest absolute Gasteiger partial charge is 0.339 e. The lowest BCUT2D eigenvalue weighted by molar-refractivity contribution is 0.0697. The van der Waals surface area contributed by atoms with Gasteiger partial charge in [-0.2, -0.15) is 0 Å². The van der Waals surface area contributed by atoms with Crippen molar-refractivity contribution in [1.29, 1.82) is 0 Å². The molecule has 5 nitrogen and oxygen atoms in total. The van der Waals surface area contributed by atoms with Gasteiger partial charge in [0.1, 0.15) is 5.56 Å². The Morgan fingerprint density at radius 3 is 2.67 bits per heavy atom. The van der Waals surface area contributed by atoms with Crippen LogP contribution in [-0.2, 0) is 0 Å². The fourth-order valence-electron chi connectivity index (χ4n) is 1.61. The van der Waals surface area contributed by atoms with E-state index in [4.69, 9.17) is 5.11 Å². The van der Waals surface area contributed by atoms with Gasteiger partial charge in [-0.05, 0) is 31.5 Å². The van der Waals surface area contributed by atoms with Crippen LogP contribution in [0, 0.1) is 13.8 Å². The summed E-state index contributed by atoms with van der Waals surface area (Å²) in [6.45, 7) is 3.74. The second kappa shape index (κ2) is 4.83. The van der Waals surface area contributed by atoms with E-state index in [1.54, 1.807) is 18.5 Å². The Hall–Kier alpha value is -2.43. The summed E-state index contributed by atoms with van der Waals surface area (Å²) in [7, 11) is 0. The maximum Gasteiger partial charge on any atom is 0.339 e. The Morgan fingerprint density at radius 1 is 1.22 bits per heavy atom. The van der Waals surface area contributed by atoms with E-state index in [2.05, 4.69) is 15.3 Å². The fraction of sp³-hybridized carbons (Fsp3) is 0.154. The molecule has 5 heteroatoms. The molecule has 2 aromatic rings. The van der Waals surface area contributed by atoms with Gasteiger partial charge in [0, 0.05) is 18.1 Å². The van der Waals surface area contributed by atoms with Gasteiger partial charge in [-0.3, -0.25) is 9.97 Å². The number of anilines is 2. The second-order valence-electron chi connectivity index (χ2n) is 4.05. The third-order valence-corrected chi connectivity index (χ3v) is 2.43. The molecule has 0 saturated carbocycles. The van der Waals surface area contributed by atoms with Gasteiger partial charge in [0.15, 0.2) is 0 Å². The molecular weight excluding hydrogens is 230 g/mol. The maximum atomic E-state index is 11.1. The molecule has 0 aromatic carbocycles. The molecule has 0 aliphatic heterocycles. The first kappa shape index (κ1) is 12.0. The summed E-state index contributed by atoms with van der Waals surface area (Å²) >= 11 is 0. The lowest BCUT2D eigenvalue weighted by Crippen LogP contribution is -2.04. The zero-order chi connectivity index (χ0) is 13.1. The summed E-state index contributed by atoms with van der Waals surface area (Å²) in [5.74, 6) is -1.01. The largest absolute Gasteiger partial charge is 0.478 e. The van der Waals surface area contributed by atoms with Crippen LogP contribution in [0.25, 0.3) is 0 Å². The Kier molecular flexibility index (Phi) is 3.23. The summed E-state index contributed by atoms with van der Waals surface area (Å²) < 4.78 is 0. The monoisotopic (exact) mass is 243 g/mol. The Balaban J connectivity index is 2.39. The Labute approximate surface area is 105 Å². The SMILES string of the molecule is Cc1cncc(Nc2cc(C)ncc2C(=O)O)c1. The van der Waals surface area contributed by atoms with E-state index in [0.717, 1.165) is 16.9 Å². The first-order valence-corrected chi connectivity index (χ1v) is 5.45. The third-order valence-electron chi connectivity index (χ3n) is 2.43. The Morgan fingerprint density at radius 2 is 2.00 bits per heavy atom. The predicted molar refractivity (Wildman–Crippen MR) is 68.2 cm³/mol.